The molecule has 0 amide bonds. The number of benzene rings is 1. The van der Waals surface area contributed by atoms with E-state index in [0.717, 1.165) is 6.07 Å². The SMILES string of the molecule is O=C(O)CCCCSc1ccc([N+](=O)[O-])cc1[N+](=O)[O-]. The van der Waals surface area contributed by atoms with Gasteiger partial charge in [0.15, 0.2) is 0 Å². The van der Waals surface area contributed by atoms with Gasteiger partial charge in [0.25, 0.3) is 11.4 Å². The van der Waals surface area contributed by atoms with E-state index < -0.39 is 15.8 Å². The Hall–Kier alpha value is -2.16. The molecule has 0 fully saturated rings. The molecular formula is C11H12N2O6S. The summed E-state index contributed by atoms with van der Waals surface area (Å²) >= 11 is 1.19. The summed E-state index contributed by atoms with van der Waals surface area (Å²) < 4.78 is 0. The van der Waals surface area contributed by atoms with Crippen LogP contribution in [0.1, 0.15) is 19.3 Å². The van der Waals surface area contributed by atoms with Crippen LogP contribution in [0.25, 0.3) is 0 Å². The molecule has 1 rings (SSSR count). The molecule has 1 N–H and O–H groups in total. The van der Waals surface area contributed by atoms with Gasteiger partial charge >= 0.3 is 5.97 Å². The maximum atomic E-state index is 10.9. The van der Waals surface area contributed by atoms with Crippen molar-refractivity contribution < 1.29 is 19.7 Å². The molecule has 0 aliphatic heterocycles. The first kappa shape index (κ1) is 15.9. The van der Waals surface area contributed by atoms with E-state index >= 15 is 0 Å². The Morgan fingerprint density at radius 3 is 2.45 bits per heavy atom. The van der Waals surface area contributed by atoms with Gasteiger partial charge in [0.2, 0.25) is 0 Å². The Bertz CT molecular complexity index is 534. The predicted octanol–water partition coefficient (Wildman–Crippen LogP) is 2.85. The normalized spacial score (nSPS) is 10.2. The van der Waals surface area contributed by atoms with Crippen LogP contribution < -0.4 is 0 Å². The molecule has 9 heteroatoms. The van der Waals surface area contributed by atoms with E-state index in [1.54, 1.807) is 0 Å². The number of thioether (sulfide) groups is 1. The number of hydrogen-bond acceptors (Lipinski definition) is 6. The van der Waals surface area contributed by atoms with Crippen LogP contribution in [0.5, 0.6) is 0 Å². The predicted molar refractivity (Wildman–Crippen MR) is 72.0 cm³/mol. The summed E-state index contributed by atoms with van der Waals surface area (Å²) in [4.78, 5) is 30.8. The average Bonchev–Trinajstić information content (AvgIpc) is 2.37. The standard InChI is InChI=1S/C11H12N2O6S/c14-11(15)3-1-2-6-20-10-5-4-8(12(16)17)7-9(10)13(18)19/h4-5,7H,1-3,6H2,(H,14,15). The van der Waals surface area contributed by atoms with Crippen molar-refractivity contribution in [2.75, 3.05) is 5.75 Å². The van der Waals surface area contributed by atoms with E-state index in [4.69, 9.17) is 5.11 Å². The van der Waals surface area contributed by atoms with Crippen molar-refractivity contribution in [3.05, 3.63) is 38.4 Å². The molecule has 1 aromatic carbocycles. The summed E-state index contributed by atoms with van der Waals surface area (Å²) in [5.41, 5.74) is -0.630. The van der Waals surface area contributed by atoms with Crippen molar-refractivity contribution in [3.63, 3.8) is 0 Å². The van der Waals surface area contributed by atoms with Gasteiger partial charge in [0.1, 0.15) is 0 Å². The topological polar surface area (TPSA) is 124 Å². The monoisotopic (exact) mass is 300 g/mol. The van der Waals surface area contributed by atoms with Gasteiger partial charge in [0, 0.05) is 12.5 Å². The maximum absolute atomic E-state index is 10.9. The van der Waals surface area contributed by atoms with Crippen LogP contribution in [-0.4, -0.2) is 26.7 Å². The second-order valence-corrected chi connectivity index (χ2v) is 5.00. The molecule has 108 valence electrons. The molecule has 0 unspecified atom stereocenters. The van der Waals surface area contributed by atoms with Gasteiger partial charge in [-0.1, -0.05) is 0 Å². The first-order valence-electron chi connectivity index (χ1n) is 5.69. The maximum Gasteiger partial charge on any atom is 0.303 e. The van der Waals surface area contributed by atoms with Crippen molar-refractivity contribution in [2.24, 2.45) is 0 Å². The van der Waals surface area contributed by atoms with E-state index in [1.807, 2.05) is 0 Å². The molecule has 0 spiro atoms. The Kier molecular flexibility index (Phi) is 5.91. The summed E-state index contributed by atoms with van der Waals surface area (Å²) in [6.07, 6.45) is 1.15. The van der Waals surface area contributed by atoms with Crippen molar-refractivity contribution in [3.8, 4) is 0 Å². The molecule has 0 atom stereocenters. The number of aliphatic carboxylic acids is 1. The molecule has 0 bridgehead atoms. The number of carboxylic acids is 1. The lowest BCUT2D eigenvalue weighted by atomic mass is 10.2. The molecule has 8 nitrogen and oxygen atoms in total. The number of nitro benzene ring substituents is 2. The zero-order valence-electron chi connectivity index (χ0n) is 10.4. The van der Waals surface area contributed by atoms with Crippen LogP contribution in [0.2, 0.25) is 0 Å². The Morgan fingerprint density at radius 2 is 1.90 bits per heavy atom. The van der Waals surface area contributed by atoms with E-state index in [1.165, 1.54) is 23.9 Å². The van der Waals surface area contributed by atoms with Gasteiger partial charge in [-0.3, -0.25) is 25.0 Å². The highest BCUT2D eigenvalue weighted by Gasteiger charge is 2.19. The third-order valence-electron chi connectivity index (χ3n) is 2.39. The largest absolute Gasteiger partial charge is 0.481 e. The van der Waals surface area contributed by atoms with E-state index in [0.29, 0.717) is 23.5 Å². The lowest BCUT2D eigenvalue weighted by Gasteiger charge is -2.02. The minimum Gasteiger partial charge on any atom is -0.481 e. The van der Waals surface area contributed by atoms with Crippen LogP contribution in [0, 0.1) is 20.2 Å². The smallest absolute Gasteiger partial charge is 0.303 e. The molecule has 0 aromatic heterocycles. The molecule has 0 aliphatic carbocycles. The second-order valence-electron chi connectivity index (χ2n) is 3.87. The van der Waals surface area contributed by atoms with Crippen molar-refractivity contribution in [1.82, 2.24) is 0 Å². The molecule has 0 radical (unpaired) electrons. The van der Waals surface area contributed by atoms with Crippen LogP contribution >= 0.6 is 11.8 Å². The van der Waals surface area contributed by atoms with Gasteiger partial charge in [-0.2, -0.15) is 0 Å². The first-order valence-corrected chi connectivity index (χ1v) is 6.68. The van der Waals surface area contributed by atoms with Crippen LogP contribution in [0.4, 0.5) is 11.4 Å². The Balaban J connectivity index is 2.67. The number of nitrogens with zero attached hydrogens (tertiary/aromatic N) is 2. The molecule has 0 aliphatic rings. The molecule has 20 heavy (non-hydrogen) atoms. The zero-order valence-corrected chi connectivity index (χ0v) is 11.2. The molecule has 0 saturated heterocycles. The molecule has 0 saturated carbocycles. The molecular weight excluding hydrogens is 288 g/mol. The van der Waals surface area contributed by atoms with E-state index in [-0.39, 0.29) is 17.8 Å². The molecule has 0 heterocycles. The van der Waals surface area contributed by atoms with Crippen molar-refractivity contribution in [1.29, 1.82) is 0 Å². The minimum atomic E-state index is -0.878. The second kappa shape index (κ2) is 7.43. The summed E-state index contributed by atoms with van der Waals surface area (Å²) in [5, 5.41) is 29.9. The number of carbonyl (C=O) groups is 1. The summed E-state index contributed by atoms with van der Waals surface area (Å²) in [5.74, 6) is -0.359. The summed E-state index contributed by atoms with van der Waals surface area (Å²) in [6, 6.07) is 3.49. The quantitative estimate of drug-likeness (QED) is 0.339. The number of carboxylic acid groups (broad SMARTS) is 1. The fraction of sp³-hybridized carbons (Fsp3) is 0.364. The van der Waals surface area contributed by atoms with Crippen LogP contribution in [-0.2, 0) is 4.79 Å². The lowest BCUT2D eigenvalue weighted by molar-refractivity contribution is -0.396. The Morgan fingerprint density at radius 1 is 1.20 bits per heavy atom. The first-order chi connectivity index (χ1) is 9.41. The summed E-state index contributed by atoms with van der Waals surface area (Å²) in [6.45, 7) is 0. The fourth-order valence-electron chi connectivity index (χ4n) is 1.44. The average molecular weight is 300 g/mol. The third-order valence-corrected chi connectivity index (χ3v) is 3.54. The van der Waals surface area contributed by atoms with Crippen molar-refractivity contribution >= 4 is 29.1 Å². The number of unbranched alkanes of at least 4 members (excludes halogenated alkanes) is 1. The number of rotatable bonds is 8. The van der Waals surface area contributed by atoms with Crippen LogP contribution in [0.3, 0.4) is 0 Å². The van der Waals surface area contributed by atoms with Crippen molar-refractivity contribution in [2.45, 2.75) is 24.2 Å². The summed E-state index contributed by atoms with van der Waals surface area (Å²) in [7, 11) is 0. The molecule has 1 aromatic rings. The van der Waals surface area contributed by atoms with Gasteiger partial charge in [-0.05, 0) is 24.7 Å². The van der Waals surface area contributed by atoms with E-state index in [2.05, 4.69) is 0 Å². The van der Waals surface area contributed by atoms with Gasteiger partial charge in [-0.25, -0.2) is 0 Å². The zero-order chi connectivity index (χ0) is 15.1. The van der Waals surface area contributed by atoms with Gasteiger partial charge in [-0.15, -0.1) is 11.8 Å². The van der Waals surface area contributed by atoms with Crippen LogP contribution in [0.15, 0.2) is 23.1 Å². The van der Waals surface area contributed by atoms with Gasteiger partial charge < -0.3 is 5.11 Å². The minimum absolute atomic E-state index is 0.0584. The van der Waals surface area contributed by atoms with Gasteiger partial charge in [0.05, 0.1) is 20.8 Å². The highest BCUT2D eigenvalue weighted by Crippen LogP contribution is 2.32. The number of hydrogen-bond donors (Lipinski definition) is 1. The fourth-order valence-corrected chi connectivity index (χ4v) is 2.46. The van der Waals surface area contributed by atoms with E-state index in [9.17, 15) is 25.0 Å². The third kappa shape index (κ3) is 4.84. The highest BCUT2D eigenvalue weighted by atomic mass is 32.2. The number of nitro groups is 2. The Labute approximate surface area is 118 Å². The number of non-ortho nitro benzene ring substituents is 1. The highest BCUT2D eigenvalue weighted by molar-refractivity contribution is 7.99. The lowest BCUT2D eigenvalue weighted by Crippen LogP contribution is -1.96.